The molecule has 1 unspecified atom stereocenters. The maximum absolute atomic E-state index is 15.0. The maximum Gasteiger partial charge on any atom is 0.241 e. The van der Waals surface area contributed by atoms with Gasteiger partial charge in [-0.3, -0.25) is 19.2 Å². The minimum Gasteiger partial charge on any atom is -0.454 e. The molecule has 1 aliphatic carbocycles. The molecule has 1 amide bonds. The highest BCUT2D eigenvalue weighted by molar-refractivity contribution is 8.16. The molecule has 3 aliphatic rings. The summed E-state index contributed by atoms with van der Waals surface area (Å²) in [6.07, 6.45) is 0.127. The van der Waals surface area contributed by atoms with E-state index in [9.17, 15) is 24.4 Å². The van der Waals surface area contributed by atoms with Crippen LogP contribution in [0.2, 0.25) is 0 Å². The number of ketones is 1. The molecule has 230 valence electrons. The average molecular weight is 641 g/mol. The Morgan fingerprint density at radius 2 is 1.44 bits per heavy atom. The molecule has 2 heterocycles. The van der Waals surface area contributed by atoms with Gasteiger partial charge in [0.05, 0.1) is 17.4 Å². The summed E-state index contributed by atoms with van der Waals surface area (Å²) in [5, 5.41) is 10.1. The highest BCUT2D eigenvalue weighted by Gasteiger charge is 2.73. The lowest BCUT2D eigenvalue weighted by molar-refractivity contribution is -0.151. The van der Waals surface area contributed by atoms with Crippen molar-refractivity contribution in [2.45, 2.75) is 48.6 Å². The third kappa shape index (κ3) is 5.32. The Morgan fingerprint density at radius 3 is 2.04 bits per heavy atom. The Kier molecular flexibility index (Phi) is 8.04. The van der Waals surface area contributed by atoms with Gasteiger partial charge in [-0.1, -0.05) is 90.3 Å². The van der Waals surface area contributed by atoms with Crippen molar-refractivity contribution in [1.29, 1.82) is 5.26 Å². The van der Waals surface area contributed by atoms with Gasteiger partial charge in [0.25, 0.3) is 0 Å². The van der Waals surface area contributed by atoms with Crippen molar-refractivity contribution >= 4 is 45.4 Å². The first-order chi connectivity index (χ1) is 21.5. The first kappa shape index (κ1) is 30.9. The fraction of sp³-hybridized carbons (Fsp3) is 0.343. The van der Waals surface area contributed by atoms with E-state index in [2.05, 4.69) is 6.07 Å². The molecule has 3 aromatic rings. The number of piperidine rings is 1. The van der Waals surface area contributed by atoms with Crippen LogP contribution in [0.15, 0.2) is 78.9 Å². The Labute approximate surface area is 270 Å². The summed E-state index contributed by atoms with van der Waals surface area (Å²) < 4.78 is 9.59. The second kappa shape index (κ2) is 11.7. The van der Waals surface area contributed by atoms with Gasteiger partial charge in [-0.2, -0.15) is 5.26 Å². The standard InChI is InChI=1S/C35H32N2O6S2/c1-33(20-36)19-35(45-28(39)17-23-12-8-5-9-13-23)30(29(33)24-14-15-25-26(18-24)43-21-42-25)31(40)34(2,37(3)32(35)41)44-27(38)16-22-10-6-4-7-11-22/h4-15,18,29-30H,16-17,19,21H2,1-3H3/t29-,30?,33-,34+,35-/m1/s1. The van der Waals surface area contributed by atoms with Gasteiger partial charge in [0.1, 0.15) is 4.75 Å². The first-order valence-electron chi connectivity index (χ1n) is 14.7. The van der Waals surface area contributed by atoms with E-state index in [1.54, 1.807) is 32.0 Å². The number of thioether (sulfide) groups is 2. The Hall–Kier alpha value is -4.07. The Morgan fingerprint density at radius 1 is 0.867 bits per heavy atom. The summed E-state index contributed by atoms with van der Waals surface area (Å²) in [4.78, 5) is 56.6. The van der Waals surface area contributed by atoms with Crippen molar-refractivity contribution in [3.8, 4) is 17.6 Å². The number of nitriles is 1. The van der Waals surface area contributed by atoms with E-state index in [1.807, 2.05) is 60.7 Å². The van der Waals surface area contributed by atoms with E-state index in [-0.39, 0.29) is 42.1 Å². The number of hydrogen-bond acceptors (Lipinski definition) is 9. The van der Waals surface area contributed by atoms with Crippen LogP contribution in [0.4, 0.5) is 0 Å². The molecule has 6 rings (SSSR count). The highest BCUT2D eigenvalue weighted by Crippen LogP contribution is 2.66. The minimum absolute atomic E-state index is 0.0148. The molecule has 2 aliphatic heterocycles. The Bertz CT molecular complexity index is 1730. The largest absolute Gasteiger partial charge is 0.454 e. The molecule has 8 nitrogen and oxygen atoms in total. The molecule has 1 saturated heterocycles. The van der Waals surface area contributed by atoms with Gasteiger partial charge in [-0.05, 0) is 49.1 Å². The number of benzene rings is 3. The third-order valence-electron chi connectivity index (χ3n) is 9.20. The number of rotatable bonds is 7. The monoisotopic (exact) mass is 640 g/mol. The number of amides is 1. The van der Waals surface area contributed by atoms with E-state index >= 15 is 0 Å². The zero-order valence-electron chi connectivity index (χ0n) is 25.1. The van der Waals surface area contributed by atoms with Crippen LogP contribution < -0.4 is 9.47 Å². The van der Waals surface area contributed by atoms with Crippen LogP contribution in [-0.2, 0) is 32.0 Å². The fourth-order valence-corrected chi connectivity index (χ4v) is 9.71. The lowest BCUT2D eigenvalue weighted by Crippen LogP contribution is -2.67. The zero-order chi connectivity index (χ0) is 32.0. The smallest absolute Gasteiger partial charge is 0.241 e. The summed E-state index contributed by atoms with van der Waals surface area (Å²) in [6, 6.07) is 26.1. The Balaban J connectivity index is 1.44. The quantitative estimate of drug-likeness (QED) is 0.328. The lowest BCUT2D eigenvalue weighted by atomic mass is 9.70. The predicted molar refractivity (Wildman–Crippen MR) is 172 cm³/mol. The molecule has 0 N–H and O–H groups in total. The van der Waals surface area contributed by atoms with Crippen molar-refractivity contribution in [1.82, 2.24) is 4.90 Å². The predicted octanol–water partition coefficient (Wildman–Crippen LogP) is 5.55. The molecule has 0 spiro atoms. The first-order valence-corrected chi connectivity index (χ1v) is 16.3. The van der Waals surface area contributed by atoms with Crippen molar-refractivity contribution in [3.63, 3.8) is 0 Å². The number of ether oxygens (including phenoxy) is 2. The SMILES string of the molecule is CN1C(=O)[C@@]2(SC(=O)Cc3ccccc3)C[C@](C)(C#N)[C@H](c3ccc4c(c3)OCO4)C2C(=O)[C@]1(C)SC(=O)Cc1ccccc1. The van der Waals surface area contributed by atoms with Gasteiger partial charge in [0.15, 0.2) is 32.4 Å². The van der Waals surface area contributed by atoms with Crippen molar-refractivity contribution in [2.24, 2.45) is 11.3 Å². The normalized spacial score (nSPS) is 28.4. The third-order valence-corrected chi connectivity index (χ3v) is 11.8. The van der Waals surface area contributed by atoms with Crippen molar-refractivity contribution < 1.29 is 28.7 Å². The molecular formula is C35H32N2O6S2. The van der Waals surface area contributed by atoms with E-state index in [1.165, 1.54) is 11.9 Å². The molecule has 0 bridgehead atoms. The van der Waals surface area contributed by atoms with Gasteiger partial charge >= 0.3 is 0 Å². The second-order valence-corrected chi connectivity index (χ2v) is 15.0. The van der Waals surface area contributed by atoms with E-state index < -0.39 is 32.8 Å². The van der Waals surface area contributed by atoms with Gasteiger partial charge in [0, 0.05) is 25.8 Å². The number of carbonyl (C=O) groups excluding carboxylic acids is 4. The van der Waals surface area contributed by atoms with E-state index in [4.69, 9.17) is 9.47 Å². The van der Waals surface area contributed by atoms with Gasteiger partial charge < -0.3 is 14.4 Å². The fourth-order valence-electron chi connectivity index (χ4n) is 6.97. The van der Waals surface area contributed by atoms with Gasteiger partial charge in [0.2, 0.25) is 12.7 Å². The van der Waals surface area contributed by atoms with Crippen LogP contribution in [-0.4, -0.2) is 50.3 Å². The summed E-state index contributed by atoms with van der Waals surface area (Å²) in [6.45, 7) is 3.40. The van der Waals surface area contributed by atoms with E-state index in [0.717, 1.165) is 34.7 Å². The number of Topliss-reactive ketones (excluding diaryl/α,β-unsaturated/α-hetero) is 1. The topological polar surface area (TPSA) is 114 Å². The molecule has 45 heavy (non-hydrogen) atoms. The molecular weight excluding hydrogens is 609 g/mol. The van der Waals surface area contributed by atoms with Gasteiger partial charge in [-0.25, -0.2) is 0 Å². The molecule has 5 atom stereocenters. The summed E-state index contributed by atoms with van der Waals surface area (Å²) >= 11 is 1.69. The number of nitrogens with zero attached hydrogens (tertiary/aromatic N) is 2. The number of hydrogen-bond donors (Lipinski definition) is 0. The second-order valence-electron chi connectivity index (χ2n) is 12.1. The molecule has 1 saturated carbocycles. The molecule has 0 aromatic heterocycles. The van der Waals surface area contributed by atoms with Crippen LogP contribution in [0.3, 0.4) is 0 Å². The van der Waals surface area contributed by atoms with Crippen LogP contribution in [0.5, 0.6) is 11.5 Å². The summed E-state index contributed by atoms with van der Waals surface area (Å²) in [5.74, 6) is -1.60. The number of likely N-dealkylation sites (N-methyl/N-ethyl adjacent to an activating group) is 1. The number of carbonyl (C=O) groups is 4. The molecule has 10 heteroatoms. The minimum atomic E-state index is -1.56. The van der Waals surface area contributed by atoms with Crippen LogP contribution >= 0.6 is 23.5 Å². The van der Waals surface area contributed by atoms with Crippen LogP contribution in [0, 0.1) is 22.7 Å². The van der Waals surface area contributed by atoms with Crippen molar-refractivity contribution in [2.75, 3.05) is 13.8 Å². The van der Waals surface area contributed by atoms with Gasteiger partial charge in [-0.15, -0.1) is 0 Å². The highest BCUT2D eigenvalue weighted by atomic mass is 32.2. The van der Waals surface area contributed by atoms with Crippen LogP contribution in [0.25, 0.3) is 0 Å². The zero-order valence-corrected chi connectivity index (χ0v) is 26.8. The van der Waals surface area contributed by atoms with Crippen molar-refractivity contribution in [3.05, 3.63) is 95.6 Å². The lowest BCUT2D eigenvalue weighted by Gasteiger charge is -2.50. The average Bonchev–Trinajstić information content (AvgIpc) is 3.60. The number of fused-ring (bicyclic) bond motifs is 2. The summed E-state index contributed by atoms with van der Waals surface area (Å²) in [7, 11) is 1.51. The summed E-state index contributed by atoms with van der Waals surface area (Å²) in [5.41, 5.74) is 1.02. The maximum atomic E-state index is 15.0. The van der Waals surface area contributed by atoms with E-state index in [0.29, 0.717) is 17.1 Å². The molecule has 2 fully saturated rings. The molecule has 3 aromatic carbocycles. The van der Waals surface area contributed by atoms with Crippen LogP contribution in [0.1, 0.15) is 42.9 Å². The number of likely N-dealkylation sites (tertiary alicyclic amines) is 1. The molecule has 0 radical (unpaired) electrons.